The first kappa shape index (κ1) is 11.6. The number of benzene rings is 1. The van der Waals surface area contributed by atoms with Gasteiger partial charge in [0.15, 0.2) is 0 Å². The second kappa shape index (κ2) is 4.97. The van der Waals surface area contributed by atoms with Gasteiger partial charge in [0.1, 0.15) is 0 Å². The van der Waals surface area contributed by atoms with Gasteiger partial charge in [-0.1, -0.05) is 56.0 Å². The Hall–Kier alpha value is -0.870. The number of allylic oxidation sites excluding steroid dienone is 4. The van der Waals surface area contributed by atoms with Crippen LogP contribution in [-0.2, 0) is 0 Å². The summed E-state index contributed by atoms with van der Waals surface area (Å²) in [7, 11) is -0.0736. The Kier molecular flexibility index (Phi) is 3.61. The molecule has 0 radical (unpaired) electrons. The Bertz CT molecular complexity index is 429. The molecule has 0 heterocycles. The Labute approximate surface area is 99.8 Å². The van der Waals surface area contributed by atoms with Crippen LogP contribution in [0.1, 0.15) is 18.9 Å². The average Bonchev–Trinajstić information content (AvgIpc) is 2.29. The molecule has 2 atom stereocenters. The molecule has 1 aromatic carbocycles. The normalized spacial score (nSPS) is 21.7. The van der Waals surface area contributed by atoms with Crippen molar-refractivity contribution in [3.05, 3.63) is 53.6 Å². The van der Waals surface area contributed by atoms with E-state index in [4.69, 9.17) is 0 Å². The molecule has 0 aliphatic heterocycles. The molecule has 0 fully saturated rings. The molecular weight excluding hydrogens is 211 g/mol. The van der Waals surface area contributed by atoms with Crippen molar-refractivity contribution < 1.29 is 0 Å². The summed E-state index contributed by atoms with van der Waals surface area (Å²) in [5.74, 6) is 0. The van der Waals surface area contributed by atoms with Crippen molar-refractivity contribution in [2.24, 2.45) is 0 Å². The van der Waals surface area contributed by atoms with Crippen LogP contribution in [0, 0.1) is 6.92 Å². The molecule has 84 valence electrons. The molecule has 16 heavy (non-hydrogen) atoms. The van der Waals surface area contributed by atoms with Gasteiger partial charge in [0.2, 0.25) is 0 Å². The first-order valence-corrected chi connectivity index (χ1v) is 7.67. The number of hydrogen-bond donors (Lipinski definition) is 0. The summed E-state index contributed by atoms with van der Waals surface area (Å²) in [4.78, 5) is 0. The minimum Gasteiger partial charge on any atom is -0.0836 e. The minimum atomic E-state index is -0.0736. The summed E-state index contributed by atoms with van der Waals surface area (Å²) in [5.41, 5.74) is 3.72. The number of hydrogen-bond acceptors (Lipinski definition) is 0. The molecule has 0 saturated heterocycles. The van der Waals surface area contributed by atoms with Gasteiger partial charge in [-0.25, -0.2) is 0 Å². The van der Waals surface area contributed by atoms with Gasteiger partial charge in [0.25, 0.3) is 0 Å². The van der Waals surface area contributed by atoms with E-state index in [0.29, 0.717) is 0 Å². The Morgan fingerprint density at radius 2 is 1.94 bits per heavy atom. The quantitative estimate of drug-likeness (QED) is 0.673. The summed E-state index contributed by atoms with van der Waals surface area (Å²) in [6, 6.07) is 8.82. The third kappa shape index (κ3) is 2.28. The maximum absolute atomic E-state index is 2.42. The summed E-state index contributed by atoms with van der Waals surface area (Å²) < 4.78 is 0. The lowest BCUT2D eigenvalue weighted by Gasteiger charge is -2.27. The standard InChI is InChI=1S/C15H19P/c1-12-8-4-6-10-14(12)16(3)15-11-7-5-9-13(15)2/h4-10,15H,11H2,1-3H3. The van der Waals surface area contributed by atoms with E-state index >= 15 is 0 Å². The van der Waals surface area contributed by atoms with Crippen LogP contribution in [0.2, 0.25) is 0 Å². The first-order chi connectivity index (χ1) is 7.70. The van der Waals surface area contributed by atoms with Crippen LogP contribution >= 0.6 is 7.92 Å². The number of aryl methyl sites for hydroxylation is 1. The van der Waals surface area contributed by atoms with Crippen LogP contribution in [-0.4, -0.2) is 12.3 Å². The van der Waals surface area contributed by atoms with E-state index < -0.39 is 0 Å². The highest BCUT2D eigenvalue weighted by molar-refractivity contribution is 7.65. The van der Waals surface area contributed by atoms with Crippen LogP contribution in [0.4, 0.5) is 0 Å². The zero-order valence-corrected chi connectivity index (χ0v) is 11.2. The molecule has 2 unspecified atom stereocenters. The van der Waals surface area contributed by atoms with Crippen LogP contribution < -0.4 is 5.30 Å². The molecule has 0 N–H and O–H groups in total. The molecule has 0 bridgehead atoms. The van der Waals surface area contributed by atoms with Gasteiger partial charge < -0.3 is 0 Å². The molecule has 1 aliphatic rings. The van der Waals surface area contributed by atoms with Gasteiger partial charge in [-0.2, -0.15) is 0 Å². The average molecular weight is 230 g/mol. The van der Waals surface area contributed by atoms with E-state index in [1.807, 2.05) is 0 Å². The van der Waals surface area contributed by atoms with E-state index in [1.54, 1.807) is 10.9 Å². The van der Waals surface area contributed by atoms with Crippen molar-refractivity contribution >= 4 is 13.2 Å². The van der Waals surface area contributed by atoms with Gasteiger partial charge in [-0.15, -0.1) is 0 Å². The predicted octanol–water partition coefficient (Wildman–Crippen LogP) is 4.01. The zero-order valence-electron chi connectivity index (χ0n) is 10.3. The summed E-state index contributed by atoms with van der Waals surface area (Å²) in [6.07, 6.45) is 7.96. The van der Waals surface area contributed by atoms with Gasteiger partial charge in [-0.05, 0) is 37.8 Å². The van der Waals surface area contributed by atoms with E-state index in [0.717, 1.165) is 5.66 Å². The fourth-order valence-corrected chi connectivity index (χ4v) is 4.74. The maximum atomic E-state index is 2.42. The SMILES string of the molecule is CC1=CC=CCC1P(C)c1ccccc1C. The van der Waals surface area contributed by atoms with Gasteiger partial charge in [0.05, 0.1) is 0 Å². The minimum absolute atomic E-state index is 0.0736. The van der Waals surface area contributed by atoms with Crippen molar-refractivity contribution in [1.82, 2.24) is 0 Å². The fraction of sp³-hybridized carbons (Fsp3) is 0.333. The van der Waals surface area contributed by atoms with Crippen molar-refractivity contribution in [2.45, 2.75) is 25.9 Å². The molecule has 0 aromatic heterocycles. The molecule has 1 aromatic rings. The van der Waals surface area contributed by atoms with Crippen molar-refractivity contribution in [2.75, 3.05) is 6.66 Å². The highest BCUT2D eigenvalue weighted by atomic mass is 31.1. The molecule has 0 saturated carbocycles. The fourth-order valence-electron chi connectivity index (χ4n) is 2.31. The number of rotatable bonds is 2. The Morgan fingerprint density at radius 1 is 1.19 bits per heavy atom. The van der Waals surface area contributed by atoms with Gasteiger partial charge in [0, 0.05) is 5.66 Å². The monoisotopic (exact) mass is 230 g/mol. The lowest BCUT2D eigenvalue weighted by Crippen LogP contribution is -2.17. The highest BCUT2D eigenvalue weighted by Gasteiger charge is 2.21. The Balaban J connectivity index is 2.26. The predicted molar refractivity (Wildman–Crippen MR) is 75.0 cm³/mol. The van der Waals surface area contributed by atoms with Gasteiger partial charge in [-0.3, -0.25) is 0 Å². The van der Waals surface area contributed by atoms with Crippen molar-refractivity contribution in [1.29, 1.82) is 0 Å². The van der Waals surface area contributed by atoms with E-state index in [9.17, 15) is 0 Å². The van der Waals surface area contributed by atoms with Crippen molar-refractivity contribution in [3.8, 4) is 0 Å². The summed E-state index contributed by atoms with van der Waals surface area (Å²) >= 11 is 0. The molecule has 0 nitrogen and oxygen atoms in total. The van der Waals surface area contributed by atoms with Crippen molar-refractivity contribution in [3.63, 3.8) is 0 Å². The molecule has 2 rings (SSSR count). The molecule has 1 aliphatic carbocycles. The molecule has 0 spiro atoms. The van der Waals surface area contributed by atoms with E-state index in [-0.39, 0.29) is 7.92 Å². The molecular formula is C15H19P. The molecule has 0 amide bonds. The third-order valence-corrected chi connectivity index (χ3v) is 6.16. The third-order valence-electron chi connectivity index (χ3n) is 3.34. The van der Waals surface area contributed by atoms with E-state index in [1.165, 1.54) is 12.0 Å². The van der Waals surface area contributed by atoms with Crippen LogP contribution in [0.5, 0.6) is 0 Å². The second-order valence-corrected chi connectivity index (χ2v) is 6.81. The largest absolute Gasteiger partial charge is 0.0836 e. The summed E-state index contributed by atoms with van der Waals surface area (Å²) in [5, 5.41) is 1.56. The smallest absolute Gasteiger partial charge is 0.00733 e. The highest BCUT2D eigenvalue weighted by Crippen LogP contribution is 2.43. The van der Waals surface area contributed by atoms with Crippen LogP contribution in [0.25, 0.3) is 0 Å². The summed E-state index contributed by atoms with van der Waals surface area (Å²) in [6.45, 7) is 6.91. The van der Waals surface area contributed by atoms with Gasteiger partial charge >= 0.3 is 0 Å². The van der Waals surface area contributed by atoms with E-state index in [2.05, 4.69) is 63.0 Å². The zero-order chi connectivity index (χ0) is 11.5. The maximum Gasteiger partial charge on any atom is 0.00733 e. The second-order valence-electron chi connectivity index (χ2n) is 4.49. The lowest BCUT2D eigenvalue weighted by molar-refractivity contribution is 0.971. The Morgan fingerprint density at radius 3 is 2.62 bits per heavy atom. The first-order valence-electron chi connectivity index (χ1n) is 5.82. The van der Waals surface area contributed by atoms with Crippen LogP contribution in [0.15, 0.2) is 48.1 Å². The molecule has 1 heteroatoms. The van der Waals surface area contributed by atoms with Crippen LogP contribution in [0.3, 0.4) is 0 Å². The topological polar surface area (TPSA) is 0 Å². The lowest BCUT2D eigenvalue weighted by atomic mass is 10.1.